The zero-order valence-electron chi connectivity index (χ0n) is 11.2. The summed E-state index contributed by atoms with van der Waals surface area (Å²) in [6.07, 6.45) is 2.65. The lowest BCUT2D eigenvalue weighted by Gasteiger charge is -1.98. The quantitative estimate of drug-likeness (QED) is 0.364. The molecule has 0 amide bonds. The molecule has 0 spiro atoms. The average Bonchev–Trinajstić information content (AvgIpc) is 2.53. The van der Waals surface area contributed by atoms with Crippen LogP contribution in [0.4, 0.5) is 11.4 Å². The lowest BCUT2D eigenvalue weighted by molar-refractivity contribution is -0.385. The van der Waals surface area contributed by atoms with Gasteiger partial charge in [0.05, 0.1) is 15.4 Å². The molecule has 0 saturated heterocycles. The molecule has 0 bridgehead atoms. The number of non-ortho nitro benzene ring substituents is 1. The van der Waals surface area contributed by atoms with E-state index in [4.69, 9.17) is 0 Å². The third kappa shape index (κ3) is 3.40. The minimum Gasteiger partial charge on any atom is -0.289 e. The molecule has 0 aliphatic heterocycles. The van der Waals surface area contributed by atoms with Gasteiger partial charge in [0.1, 0.15) is 0 Å². The minimum atomic E-state index is -0.618. The van der Waals surface area contributed by atoms with Gasteiger partial charge in [-0.1, -0.05) is 18.2 Å². The molecular formula is C15H10N2O5. The maximum Gasteiger partial charge on any atom is 0.280 e. The molecular weight excluding hydrogens is 288 g/mol. The SMILES string of the molecule is O=C(/C=C/c1ccc([N+](=O)[O-])cc1)c1ccccc1[N+](=O)[O-]. The number of para-hydroxylation sites is 1. The molecule has 22 heavy (non-hydrogen) atoms. The Hall–Kier alpha value is -3.35. The Balaban J connectivity index is 2.21. The largest absolute Gasteiger partial charge is 0.289 e. The van der Waals surface area contributed by atoms with Crippen molar-refractivity contribution >= 4 is 23.2 Å². The minimum absolute atomic E-state index is 0.00865. The molecule has 0 N–H and O–H groups in total. The number of nitro benzene ring substituents is 2. The second-order valence-corrected chi connectivity index (χ2v) is 4.32. The van der Waals surface area contributed by atoms with Crippen molar-refractivity contribution < 1.29 is 14.6 Å². The number of nitro groups is 2. The van der Waals surface area contributed by atoms with E-state index in [-0.39, 0.29) is 16.9 Å². The van der Waals surface area contributed by atoms with Crippen molar-refractivity contribution in [3.05, 3.63) is 86.0 Å². The van der Waals surface area contributed by atoms with Gasteiger partial charge in [0, 0.05) is 18.2 Å². The molecule has 0 atom stereocenters. The number of hydrogen-bond donors (Lipinski definition) is 0. The highest BCUT2D eigenvalue weighted by Crippen LogP contribution is 2.19. The van der Waals surface area contributed by atoms with Crippen LogP contribution >= 0.6 is 0 Å². The van der Waals surface area contributed by atoms with Gasteiger partial charge in [-0.15, -0.1) is 0 Å². The second-order valence-electron chi connectivity index (χ2n) is 4.32. The molecule has 0 radical (unpaired) electrons. The summed E-state index contributed by atoms with van der Waals surface area (Å²) in [5.41, 5.74) is 0.256. The molecule has 0 aliphatic rings. The van der Waals surface area contributed by atoms with E-state index >= 15 is 0 Å². The van der Waals surface area contributed by atoms with E-state index < -0.39 is 15.6 Å². The van der Waals surface area contributed by atoms with Gasteiger partial charge in [0.15, 0.2) is 5.78 Å². The predicted molar refractivity (Wildman–Crippen MR) is 79.6 cm³/mol. The van der Waals surface area contributed by atoms with Crippen molar-refractivity contribution in [3.63, 3.8) is 0 Å². The van der Waals surface area contributed by atoms with E-state index in [2.05, 4.69) is 0 Å². The van der Waals surface area contributed by atoms with Crippen LogP contribution in [0.2, 0.25) is 0 Å². The van der Waals surface area contributed by atoms with E-state index in [1.807, 2.05) is 0 Å². The Morgan fingerprint density at radius 2 is 1.55 bits per heavy atom. The number of carbonyl (C=O) groups excluding carboxylic acids is 1. The first-order valence-corrected chi connectivity index (χ1v) is 6.19. The Kier molecular flexibility index (Phi) is 4.38. The Bertz CT molecular complexity index is 766. The van der Waals surface area contributed by atoms with Gasteiger partial charge in [0.2, 0.25) is 0 Å². The van der Waals surface area contributed by atoms with Crippen LogP contribution < -0.4 is 0 Å². The van der Waals surface area contributed by atoms with Crippen molar-refractivity contribution in [1.29, 1.82) is 0 Å². The van der Waals surface area contributed by atoms with Crippen LogP contribution in [-0.4, -0.2) is 15.6 Å². The molecule has 2 aromatic rings. The van der Waals surface area contributed by atoms with E-state index in [1.165, 1.54) is 54.6 Å². The number of nitrogens with zero attached hydrogens (tertiary/aromatic N) is 2. The summed E-state index contributed by atoms with van der Waals surface area (Å²) in [6, 6.07) is 11.3. The van der Waals surface area contributed by atoms with Gasteiger partial charge in [-0.25, -0.2) is 0 Å². The van der Waals surface area contributed by atoms with Crippen LogP contribution in [0.1, 0.15) is 15.9 Å². The molecule has 0 heterocycles. The van der Waals surface area contributed by atoms with Crippen LogP contribution in [0.5, 0.6) is 0 Å². The zero-order chi connectivity index (χ0) is 16.1. The summed E-state index contributed by atoms with van der Waals surface area (Å²) >= 11 is 0. The van der Waals surface area contributed by atoms with Gasteiger partial charge in [-0.2, -0.15) is 0 Å². The maximum atomic E-state index is 12.0. The first kappa shape index (κ1) is 15.0. The Morgan fingerprint density at radius 1 is 0.909 bits per heavy atom. The molecule has 7 heteroatoms. The predicted octanol–water partition coefficient (Wildman–Crippen LogP) is 3.40. The fourth-order valence-corrected chi connectivity index (χ4v) is 1.81. The van der Waals surface area contributed by atoms with Gasteiger partial charge < -0.3 is 0 Å². The van der Waals surface area contributed by atoms with Crippen LogP contribution in [0.15, 0.2) is 54.6 Å². The third-order valence-corrected chi connectivity index (χ3v) is 2.90. The van der Waals surface area contributed by atoms with E-state index in [1.54, 1.807) is 6.07 Å². The van der Waals surface area contributed by atoms with E-state index in [0.29, 0.717) is 5.56 Å². The number of allylic oxidation sites excluding steroid dienone is 1. The number of hydrogen-bond acceptors (Lipinski definition) is 5. The van der Waals surface area contributed by atoms with Crippen molar-refractivity contribution in [1.82, 2.24) is 0 Å². The van der Waals surface area contributed by atoms with Gasteiger partial charge in [0.25, 0.3) is 11.4 Å². The standard InChI is InChI=1S/C15H10N2O5/c18-15(13-3-1-2-4-14(13)17(21)22)10-7-11-5-8-12(9-6-11)16(19)20/h1-10H/b10-7+. The smallest absolute Gasteiger partial charge is 0.280 e. The molecule has 0 aromatic heterocycles. The lowest BCUT2D eigenvalue weighted by Crippen LogP contribution is -2.00. The van der Waals surface area contributed by atoms with Gasteiger partial charge in [-0.05, 0) is 29.8 Å². The normalized spacial score (nSPS) is 10.5. The van der Waals surface area contributed by atoms with Crippen LogP contribution in [0.25, 0.3) is 6.08 Å². The summed E-state index contributed by atoms with van der Waals surface area (Å²) in [6.45, 7) is 0. The second kappa shape index (κ2) is 6.40. The highest BCUT2D eigenvalue weighted by Gasteiger charge is 2.16. The van der Waals surface area contributed by atoms with E-state index in [0.717, 1.165) is 0 Å². The summed E-state index contributed by atoms with van der Waals surface area (Å²) in [5, 5.41) is 21.4. The van der Waals surface area contributed by atoms with Crippen LogP contribution in [0, 0.1) is 20.2 Å². The number of carbonyl (C=O) groups is 1. The maximum absolute atomic E-state index is 12.0. The van der Waals surface area contributed by atoms with Crippen LogP contribution in [0.3, 0.4) is 0 Å². The summed E-state index contributed by atoms with van der Waals surface area (Å²) in [4.78, 5) is 32.3. The zero-order valence-corrected chi connectivity index (χ0v) is 11.2. The topological polar surface area (TPSA) is 103 Å². The van der Waals surface area contributed by atoms with Crippen molar-refractivity contribution in [2.24, 2.45) is 0 Å². The molecule has 110 valence electrons. The Morgan fingerprint density at radius 3 is 2.14 bits per heavy atom. The summed E-state index contributed by atoms with van der Waals surface area (Å²) in [7, 11) is 0. The summed E-state index contributed by atoms with van der Waals surface area (Å²) in [5.74, 6) is -0.509. The first-order valence-electron chi connectivity index (χ1n) is 6.19. The number of benzene rings is 2. The molecule has 0 fully saturated rings. The number of ketones is 1. The molecule has 2 rings (SSSR count). The summed E-state index contributed by atoms with van der Waals surface area (Å²) < 4.78 is 0. The van der Waals surface area contributed by atoms with E-state index in [9.17, 15) is 25.0 Å². The fraction of sp³-hybridized carbons (Fsp3) is 0. The van der Waals surface area contributed by atoms with Crippen molar-refractivity contribution in [2.45, 2.75) is 0 Å². The molecule has 0 unspecified atom stereocenters. The third-order valence-electron chi connectivity index (χ3n) is 2.90. The van der Waals surface area contributed by atoms with Gasteiger partial charge in [-0.3, -0.25) is 25.0 Å². The fourth-order valence-electron chi connectivity index (χ4n) is 1.81. The number of rotatable bonds is 5. The monoisotopic (exact) mass is 298 g/mol. The Labute approximate surface area is 124 Å². The first-order chi connectivity index (χ1) is 10.5. The van der Waals surface area contributed by atoms with Crippen molar-refractivity contribution in [3.8, 4) is 0 Å². The molecule has 7 nitrogen and oxygen atoms in total. The highest BCUT2D eigenvalue weighted by molar-refractivity contribution is 6.09. The highest BCUT2D eigenvalue weighted by atomic mass is 16.6. The average molecular weight is 298 g/mol. The van der Waals surface area contributed by atoms with Crippen LogP contribution in [-0.2, 0) is 0 Å². The lowest BCUT2D eigenvalue weighted by atomic mass is 10.1. The molecule has 0 aliphatic carbocycles. The molecule has 0 saturated carbocycles. The van der Waals surface area contributed by atoms with Gasteiger partial charge >= 0.3 is 0 Å². The van der Waals surface area contributed by atoms with Crippen molar-refractivity contribution in [2.75, 3.05) is 0 Å². The molecule has 2 aromatic carbocycles.